The average Bonchev–Trinajstić information content (AvgIpc) is 2.87. The molecule has 0 radical (unpaired) electrons. The lowest BCUT2D eigenvalue weighted by Gasteiger charge is -2.19. The molecule has 5 nitrogen and oxygen atoms in total. The topological polar surface area (TPSA) is 61.8 Å². The van der Waals surface area contributed by atoms with Gasteiger partial charge in [0.2, 0.25) is 0 Å². The molecule has 0 spiro atoms. The molecule has 0 aromatic carbocycles. The van der Waals surface area contributed by atoms with Gasteiger partial charge < -0.3 is 14.2 Å². The summed E-state index contributed by atoms with van der Waals surface area (Å²) in [6.45, 7) is 7.98. The maximum Gasteiger partial charge on any atom is 0.306 e. The number of esters is 2. The Balaban J connectivity index is 2.03. The van der Waals surface area contributed by atoms with E-state index in [0.29, 0.717) is 38.4 Å². The average molecular weight is 314 g/mol. The minimum atomic E-state index is -0.451. The van der Waals surface area contributed by atoms with E-state index in [1.54, 1.807) is 0 Å². The Bertz CT molecular complexity index is 359. The molecule has 22 heavy (non-hydrogen) atoms. The molecule has 128 valence electrons. The number of hydrogen-bond donors (Lipinski definition) is 0. The molecule has 0 aromatic heterocycles. The summed E-state index contributed by atoms with van der Waals surface area (Å²) in [7, 11) is 0. The SMILES string of the molecule is CC[C@@H]1CC[C@@H](COC(=O)CCCCC(=O)OC(C)(C)C)O1. The fraction of sp³-hybridized carbons (Fsp3) is 0.882. The monoisotopic (exact) mass is 314 g/mol. The van der Waals surface area contributed by atoms with Gasteiger partial charge in [0.05, 0.1) is 12.2 Å². The number of rotatable bonds is 8. The van der Waals surface area contributed by atoms with Crippen molar-refractivity contribution in [2.24, 2.45) is 0 Å². The van der Waals surface area contributed by atoms with Crippen molar-refractivity contribution >= 4 is 11.9 Å². The van der Waals surface area contributed by atoms with Crippen molar-refractivity contribution in [2.45, 2.75) is 90.4 Å². The molecule has 0 aromatic rings. The van der Waals surface area contributed by atoms with Gasteiger partial charge in [-0.1, -0.05) is 6.92 Å². The molecule has 1 saturated heterocycles. The lowest BCUT2D eigenvalue weighted by molar-refractivity contribution is -0.155. The van der Waals surface area contributed by atoms with Gasteiger partial charge in [0, 0.05) is 12.8 Å². The quantitative estimate of drug-likeness (QED) is 0.507. The molecular formula is C17H30O5. The van der Waals surface area contributed by atoms with E-state index >= 15 is 0 Å². The highest BCUT2D eigenvalue weighted by Gasteiger charge is 2.24. The molecule has 1 aliphatic heterocycles. The Morgan fingerprint density at radius 3 is 2.18 bits per heavy atom. The summed E-state index contributed by atoms with van der Waals surface area (Å²) in [6.07, 6.45) is 5.35. The minimum absolute atomic E-state index is 0.0515. The number of unbranched alkanes of at least 4 members (excludes halogenated alkanes) is 1. The molecule has 5 heteroatoms. The molecule has 0 unspecified atom stereocenters. The maximum absolute atomic E-state index is 11.6. The van der Waals surface area contributed by atoms with Crippen molar-refractivity contribution < 1.29 is 23.8 Å². The predicted molar refractivity (Wildman–Crippen MR) is 83.5 cm³/mol. The standard InChI is InChI=1S/C17H30O5/c1-5-13-10-11-14(21-13)12-20-15(18)8-6-7-9-16(19)22-17(2,3)4/h13-14H,5-12H2,1-4H3/t13-,14+/m1/s1. The van der Waals surface area contributed by atoms with Crippen molar-refractivity contribution in [3.05, 3.63) is 0 Å². The van der Waals surface area contributed by atoms with Gasteiger partial charge in [-0.3, -0.25) is 9.59 Å². The van der Waals surface area contributed by atoms with Crippen LogP contribution in [0.15, 0.2) is 0 Å². The van der Waals surface area contributed by atoms with Gasteiger partial charge in [0.1, 0.15) is 12.2 Å². The van der Waals surface area contributed by atoms with Crippen LogP contribution in [0.3, 0.4) is 0 Å². The molecule has 1 rings (SSSR count). The summed E-state index contributed by atoms with van der Waals surface area (Å²) < 4.78 is 16.2. The van der Waals surface area contributed by atoms with E-state index < -0.39 is 5.60 Å². The molecule has 2 atom stereocenters. The van der Waals surface area contributed by atoms with E-state index in [1.165, 1.54) is 0 Å². The molecule has 1 heterocycles. The maximum atomic E-state index is 11.6. The van der Waals surface area contributed by atoms with Crippen molar-refractivity contribution in [1.82, 2.24) is 0 Å². The second kappa shape index (κ2) is 9.13. The van der Waals surface area contributed by atoms with E-state index in [9.17, 15) is 9.59 Å². The number of ether oxygens (including phenoxy) is 3. The van der Waals surface area contributed by atoms with E-state index in [-0.39, 0.29) is 18.0 Å². The highest BCUT2D eigenvalue weighted by molar-refractivity contribution is 5.70. The van der Waals surface area contributed by atoms with Gasteiger partial charge in [0.15, 0.2) is 0 Å². The highest BCUT2D eigenvalue weighted by Crippen LogP contribution is 2.22. The van der Waals surface area contributed by atoms with Crippen molar-refractivity contribution in [3.63, 3.8) is 0 Å². The van der Waals surface area contributed by atoms with Crippen molar-refractivity contribution in [2.75, 3.05) is 6.61 Å². The van der Waals surface area contributed by atoms with E-state index in [4.69, 9.17) is 14.2 Å². The Morgan fingerprint density at radius 2 is 1.64 bits per heavy atom. The van der Waals surface area contributed by atoms with Crippen LogP contribution in [0.1, 0.15) is 72.6 Å². The summed E-state index contributed by atoms with van der Waals surface area (Å²) in [5.41, 5.74) is -0.451. The fourth-order valence-electron chi connectivity index (χ4n) is 2.39. The molecule has 0 N–H and O–H groups in total. The zero-order valence-electron chi connectivity index (χ0n) is 14.4. The fourth-order valence-corrected chi connectivity index (χ4v) is 2.39. The van der Waals surface area contributed by atoms with Crippen LogP contribution >= 0.6 is 0 Å². The van der Waals surface area contributed by atoms with Gasteiger partial charge in [-0.2, -0.15) is 0 Å². The first-order valence-electron chi connectivity index (χ1n) is 8.33. The normalized spacial score (nSPS) is 21.6. The Labute approximate surface area is 133 Å². The molecule has 0 aliphatic carbocycles. The van der Waals surface area contributed by atoms with Crippen LogP contribution in [0.25, 0.3) is 0 Å². The van der Waals surface area contributed by atoms with Crippen LogP contribution in [-0.4, -0.2) is 36.4 Å². The zero-order valence-corrected chi connectivity index (χ0v) is 14.4. The summed E-state index contributed by atoms with van der Waals surface area (Å²) in [5, 5.41) is 0. The van der Waals surface area contributed by atoms with Gasteiger partial charge in [-0.25, -0.2) is 0 Å². The highest BCUT2D eigenvalue weighted by atomic mass is 16.6. The van der Waals surface area contributed by atoms with Gasteiger partial charge in [-0.05, 0) is 52.9 Å². The van der Waals surface area contributed by atoms with Gasteiger partial charge >= 0.3 is 11.9 Å². The number of hydrogen-bond acceptors (Lipinski definition) is 5. The summed E-state index contributed by atoms with van der Waals surface area (Å²) >= 11 is 0. The first-order chi connectivity index (χ1) is 10.3. The molecule has 0 saturated carbocycles. The lowest BCUT2D eigenvalue weighted by atomic mass is 10.1. The van der Waals surface area contributed by atoms with Crippen LogP contribution in [0.4, 0.5) is 0 Å². The largest absolute Gasteiger partial charge is 0.463 e. The second-order valence-electron chi connectivity index (χ2n) is 6.84. The summed E-state index contributed by atoms with van der Waals surface area (Å²) in [6, 6.07) is 0. The molecule has 0 amide bonds. The van der Waals surface area contributed by atoms with Gasteiger partial charge in [-0.15, -0.1) is 0 Å². The van der Waals surface area contributed by atoms with Crippen molar-refractivity contribution in [1.29, 1.82) is 0 Å². The Morgan fingerprint density at radius 1 is 1.05 bits per heavy atom. The summed E-state index contributed by atoms with van der Waals surface area (Å²) in [5.74, 6) is -0.432. The molecule has 1 aliphatic rings. The lowest BCUT2D eigenvalue weighted by Crippen LogP contribution is -2.23. The Hall–Kier alpha value is -1.10. The van der Waals surface area contributed by atoms with Crippen LogP contribution in [-0.2, 0) is 23.8 Å². The first-order valence-corrected chi connectivity index (χ1v) is 8.33. The summed E-state index contributed by atoms with van der Waals surface area (Å²) in [4.78, 5) is 23.1. The Kier molecular flexibility index (Phi) is 7.87. The molecule has 0 bridgehead atoms. The molecule has 1 fully saturated rings. The van der Waals surface area contributed by atoms with Crippen LogP contribution < -0.4 is 0 Å². The third-order valence-electron chi connectivity index (χ3n) is 3.51. The first kappa shape index (κ1) is 18.9. The number of carbonyl (C=O) groups excluding carboxylic acids is 2. The third-order valence-corrected chi connectivity index (χ3v) is 3.51. The minimum Gasteiger partial charge on any atom is -0.463 e. The van der Waals surface area contributed by atoms with E-state index in [0.717, 1.165) is 19.3 Å². The van der Waals surface area contributed by atoms with Gasteiger partial charge in [0.25, 0.3) is 0 Å². The molecular weight excluding hydrogens is 284 g/mol. The smallest absolute Gasteiger partial charge is 0.306 e. The van der Waals surface area contributed by atoms with E-state index in [1.807, 2.05) is 20.8 Å². The zero-order chi connectivity index (χ0) is 16.6. The van der Waals surface area contributed by atoms with Crippen LogP contribution in [0.5, 0.6) is 0 Å². The van der Waals surface area contributed by atoms with Crippen LogP contribution in [0, 0.1) is 0 Å². The number of carbonyl (C=O) groups is 2. The van der Waals surface area contributed by atoms with Crippen LogP contribution in [0.2, 0.25) is 0 Å². The third kappa shape index (κ3) is 8.37. The van der Waals surface area contributed by atoms with Crippen molar-refractivity contribution in [3.8, 4) is 0 Å². The van der Waals surface area contributed by atoms with E-state index in [2.05, 4.69) is 6.92 Å². The predicted octanol–water partition coefficient (Wildman–Crippen LogP) is 3.39. The second-order valence-corrected chi connectivity index (χ2v) is 6.84.